The van der Waals surface area contributed by atoms with Crippen LogP contribution in [0.3, 0.4) is 0 Å². The number of nitrogens with zero attached hydrogens (tertiary/aromatic N) is 1. The second-order valence-electron chi connectivity index (χ2n) is 13.0. The fourth-order valence-corrected chi connectivity index (χ4v) is 10.1. The first-order chi connectivity index (χ1) is 22.5. The number of fused-ring (bicyclic) bond motifs is 11. The topological polar surface area (TPSA) is 3.24 Å². The maximum Gasteiger partial charge on any atom is 0.0468 e. The smallest absolute Gasteiger partial charge is 0.0468 e. The highest BCUT2D eigenvalue weighted by atomic mass is 32.1. The summed E-state index contributed by atoms with van der Waals surface area (Å²) in [5, 5.41) is 7.87. The third-order valence-corrected chi connectivity index (χ3v) is 12.4. The van der Waals surface area contributed by atoms with Crippen molar-refractivity contribution < 1.29 is 0 Å². The maximum atomic E-state index is 2.47. The predicted octanol–water partition coefficient (Wildman–Crippen LogP) is 13.4. The van der Waals surface area contributed by atoms with Crippen LogP contribution in [0.25, 0.3) is 62.2 Å². The van der Waals surface area contributed by atoms with Crippen LogP contribution in [0.5, 0.6) is 0 Å². The Balaban J connectivity index is 1.23. The summed E-state index contributed by atoms with van der Waals surface area (Å²) in [5.41, 5.74) is 8.92. The molecule has 3 heteroatoms. The van der Waals surface area contributed by atoms with E-state index in [0.29, 0.717) is 0 Å². The van der Waals surface area contributed by atoms with Crippen LogP contribution in [0.2, 0.25) is 0 Å². The number of benzene rings is 7. The molecular weight excluding hydrogens is 595 g/mol. The molecule has 46 heavy (non-hydrogen) atoms. The molecular formula is C43H29NS2. The molecule has 0 saturated carbocycles. The van der Waals surface area contributed by atoms with Crippen molar-refractivity contribution in [2.24, 2.45) is 0 Å². The Morgan fingerprint density at radius 1 is 0.435 bits per heavy atom. The van der Waals surface area contributed by atoms with Crippen LogP contribution in [0.4, 0.5) is 17.1 Å². The Morgan fingerprint density at radius 2 is 1.02 bits per heavy atom. The Morgan fingerprint density at radius 3 is 1.87 bits per heavy atom. The highest BCUT2D eigenvalue weighted by Crippen LogP contribution is 2.51. The molecule has 7 aromatic carbocycles. The summed E-state index contributed by atoms with van der Waals surface area (Å²) in [5.74, 6) is 0. The summed E-state index contributed by atoms with van der Waals surface area (Å²) in [4.78, 5) is 2.47. The Labute approximate surface area is 275 Å². The molecule has 0 saturated heterocycles. The minimum absolute atomic E-state index is 0.0756. The first-order valence-corrected chi connectivity index (χ1v) is 17.5. The van der Waals surface area contributed by atoms with Crippen LogP contribution >= 0.6 is 22.7 Å². The molecule has 218 valence electrons. The second kappa shape index (κ2) is 9.53. The first kappa shape index (κ1) is 26.3. The highest BCUT2D eigenvalue weighted by molar-refractivity contribution is 7.26. The van der Waals surface area contributed by atoms with E-state index in [1.807, 2.05) is 22.7 Å². The van der Waals surface area contributed by atoms with Gasteiger partial charge in [0.15, 0.2) is 0 Å². The average Bonchev–Trinajstić information content (AvgIpc) is 3.73. The van der Waals surface area contributed by atoms with E-state index in [1.54, 1.807) is 0 Å². The predicted molar refractivity (Wildman–Crippen MR) is 202 cm³/mol. The third-order valence-electron chi connectivity index (χ3n) is 10.0. The lowest BCUT2D eigenvalue weighted by Gasteiger charge is -2.28. The van der Waals surface area contributed by atoms with Gasteiger partial charge in [-0.2, -0.15) is 0 Å². The van der Waals surface area contributed by atoms with Crippen molar-refractivity contribution in [2.45, 2.75) is 19.3 Å². The van der Waals surface area contributed by atoms with Gasteiger partial charge in [0, 0.05) is 68.2 Å². The minimum atomic E-state index is -0.0756. The minimum Gasteiger partial charge on any atom is -0.310 e. The molecule has 0 N–H and O–H groups in total. The summed E-state index contributed by atoms with van der Waals surface area (Å²) in [7, 11) is 0. The normalized spacial score (nSPS) is 13.6. The Kier molecular flexibility index (Phi) is 5.44. The van der Waals surface area contributed by atoms with Crippen molar-refractivity contribution in [1.29, 1.82) is 0 Å². The van der Waals surface area contributed by atoms with Gasteiger partial charge in [-0.05, 0) is 82.2 Å². The highest BCUT2D eigenvalue weighted by Gasteiger charge is 2.35. The Bertz CT molecular complexity index is 2690. The molecule has 1 aliphatic rings. The summed E-state index contributed by atoms with van der Waals surface area (Å²) in [6.07, 6.45) is 0. The molecule has 2 aromatic heterocycles. The molecule has 2 heterocycles. The molecule has 0 atom stereocenters. The van der Waals surface area contributed by atoms with E-state index in [0.717, 1.165) is 0 Å². The van der Waals surface area contributed by atoms with E-state index in [9.17, 15) is 0 Å². The number of hydrogen-bond acceptors (Lipinski definition) is 3. The van der Waals surface area contributed by atoms with Crippen molar-refractivity contribution in [3.63, 3.8) is 0 Å². The second-order valence-corrected chi connectivity index (χ2v) is 15.1. The van der Waals surface area contributed by atoms with E-state index >= 15 is 0 Å². The SMILES string of the molecule is CC1(C)c2ccccc2-c2ccc(N(c3ccc4sc5ccccc5c4c3)c3ccc4ccc5c6ccccc6sc5c4c3)cc21. The molecule has 0 amide bonds. The fraction of sp³-hybridized carbons (Fsp3) is 0.0698. The fourth-order valence-electron chi connectivity index (χ4n) is 7.76. The average molecular weight is 624 g/mol. The van der Waals surface area contributed by atoms with Gasteiger partial charge in [0.1, 0.15) is 0 Å². The van der Waals surface area contributed by atoms with Crippen molar-refractivity contribution in [2.75, 3.05) is 4.90 Å². The zero-order valence-electron chi connectivity index (χ0n) is 25.5. The largest absolute Gasteiger partial charge is 0.310 e. The van der Waals surface area contributed by atoms with E-state index in [2.05, 4.69) is 158 Å². The summed E-state index contributed by atoms with van der Waals surface area (Å²) < 4.78 is 5.34. The van der Waals surface area contributed by atoms with Gasteiger partial charge in [-0.3, -0.25) is 0 Å². The van der Waals surface area contributed by atoms with Gasteiger partial charge in [0.2, 0.25) is 0 Å². The number of hydrogen-bond donors (Lipinski definition) is 0. The molecule has 0 bridgehead atoms. The van der Waals surface area contributed by atoms with Gasteiger partial charge in [-0.25, -0.2) is 0 Å². The van der Waals surface area contributed by atoms with Gasteiger partial charge in [-0.15, -0.1) is 22.7 Å². The van der Waals surface area contributed by atoms with Crippen LogP contribution < -0.4 is 4.90 Å². The molecule has 0 fully saturated rings. The monoisotopic (exact) mass is 623 g/mol. The lowest BCUT2D eigenvalue weighted by atomic mass is 9.82. The Hall–Kier alpha value is -4.96. The number of rotatable bonds is 3. The lowest BCUT2D eigenvalue weighted by molar-refractivity contribution is 0.660. The number of thiophene rings is 2. The number of anilines is 3. The van der Waals surface area contributed by atoms with Gasteiger partial charge >= 0.3 is 0 Å². The van der Waals surface area contributed by atoms with Crippen molar-refractivity contribution in [3.8, 4) is 11.1 Å². The maximum absolute atomic E-state index is 2.47. The van der Waals surface area contributed by atoms with Crippen LogP contribution in [0.1, 0.15) is 25.0 Å². The molecule has 1 nitrogen and oxygen atoms in total. The van der Waals surface area contributed by atoms with Crippen molar-refractivity contribution >= 4 is 90.9 Å². The summed E-state index contributed by atoms with van der Waals surface area (Å²) in [6.45, 7) is 4.73. The van der Waals surface area contributed by atoms with Crippen LogP contribution in [-0.2, 0) is 5.41 Å². The molecule has 0 aliphatic heterocycles. The van der Waals surface area contributed by atoms with E-state index in [-0.39, 0.29) is 5.41 Å². The zero-order chi connectivity index (χ0) is 30.6. The van der Waals surface area contributed by atoms with E-state index < -0.39 is 0 Å². The molecule has 0 spiro atoms. The van der Waals surface area contributed by atoms with Gasteiger partial charge < -0.3 is 4.90 Å². The van der Waals surface area contributed by atoms with Crippen LogP contribution in [-0.4, -0.2) is 0 Å². The van der Waals surface area contributed by atoms with Crippen molar-refractivity contribution in [3.05, 3.63) is 151 Å². The van der Waals surface area contributed by atoms with E-state index in [1.165, 1.54) is 90.4 Å². The standard InChI is InChI=1S/C43H29NS2/c1-43(2)37-12-6-3-9-30(37)31-21-18-29(25-38(31)43)44(28-19-22-41-36(24-28)33-11-5-7-13-39(33)45-41)27-17-15-26-16-20-34-32-10-4-8-14-40(32)46-42(34)35(26)23-27/h3-25H,1-2H3. The summed E-state index contributed by atoms with van der Waals surface area (Å²) in [6, 6.07) is 52.1. The molecule has 9 aromatic rings. The summed E-state index contributed by atoms with van der Waals surface area (Å²) >= 11 is 3.77. The zero-order valence-corrected chi connectivity index (χ0v) is 27.2. The first-order valence-electron chi connectivity index (χ1n) is 15.8. The molecule has 0 radical (unpaired) electrons. The molecule has 0 unspecified atom stereocenters. The van der Waals surface area contributed by atoms with Gasteiger partial charge in [0.05, 0.1) is 0 Å². The van der Waals surface area contributed by atoms with Crippen molar-refractivity contribution in [1.82, 2.24) is 0 Å². The lowest BCUT2D eigenvalue weighted by Crippen LogP contribution is -2.16. The molecule has 1 aliphatic carbocycles. The molecule has 10 rings (SSSR count). The third kappa shape index (κ3) is 3.67. The van der Waals surface area contributed by atoms with E-state index in [4.69, 9.17) is 0 Å². The quantitative estimate of drug-likeness (QED) is 0.189. The van der Waals surface area contributed by atoms with Crippen LogP contribution in [0, 0.1) is 0 Å². The van der Waals surface area contributed by atoms with Gasteiger partial charge in [-0.1, -0.05) is 98.8 Å². The van der Waals surface area contributed by atoms with Crippen LogP contribution in [0.15, 0.2) is 140 Å². The van der Waals surface area contributed by atoms with Gasteiger partial charge in [0.25, 0.3) is 0 Å².